The fourth-order valence-corrected chi connectivity index (χ4v) is 2.47. The smallest absolute Gasteiger partial charge is 0.190 e. The Hall–Kier alpha value is -1.49. The van der Waals surface area contributed by atoms with E-state index < -0.39 is 0 Å². The van der Waals surface area contributed by atoms with Crippen molar-refractivity contribution >= 4 is 11.8 Å². The second-order valence-corrected chi connectivity index (χ2v) is 5.61. The number of benzene rings is 1. The lowest BCUT2D eigenvalue weighted by Gasteiger charge is -2.09. The number of hydrogen-bond donors (Lipinski definition) is 0. The molecule has 1 aromatic carbocycles. The van der Waals surface area contributed by atoms with Gasteiger partial charge in [-0.2, -0.15) is 0 Å². The van der Waals surface area contributed by atoms with Gasteiger partial charge in [0.15, 0.2) is 5.16 Å². The zero-order valence-corrected chi connectivity index (χ0v) is 12.4. The third-order valence-electron chi connectivity index (χ3n) is 2.79. The van der Waals surface area contributed by atoms with Crippen molar-refractivity contribution in [3.05, 3.63) is 35.7 Å². The van der Waals surface area contributed by atoms with Crippen LogP contribution in [0.15, 0.2) is 29.7 Å². The second kappa shape index (κ2) is 6.61. The van der Waals surface area contributed by atoms with Crippen LogP contribution in [-0.4, -0.2) is 27.1 Å². The summed E-state index contributed by atoms with van der Waals surface area (Å²) in [7, 11) is 1.95. The minimum Gasteiger partial charge on any atom is -0.493 e. The zero-order chi connectivity index (χ0) is 13.7. The van der Waals surface area contributed by atoms with Crippen molar-refractivity contribution in [3.8, 4) is 5.75 Å². The van der Waals surface area contributed by atoms with E-state index >= 15 is 0 Å². The van der Waals surface area contributed by atoms with E-state index in [0.29, 0.717) is 0 Å². The SMILES string of the molecule is Cc1ccc(C)c(OCCCSc2nncn2C)c1. The van der Waals surface area contributed by atoms with Crippen LogP contribution in [0, 0.1) is 13.8 Å². The van der Waals surface area contributed by atoms with Gasteiger partial charge < -0.3 is 9.30 Å². The predicted octanol–water partition coefficient (Wildman–Crippen LogP) is 2.99. The third-order valence-corrected chi connectivity index (χ3v) is 3.91. The number of rotatable bonds is 6. The molecule has 0 bridgehead atoms. The van der Waals surface area contributed by atoms with E-state index in [1.165, 1.54) is 11.1 Å². The van der Waals surface area contributed by atoms with Gasteiger partial charge in [0.25, 0.3) is 0 Å². The summed E-state index contributed by atoms with van der Waals surface area (Å²) in [6.07, 6.45) is 2.71. The largest absolute Gasteiger partial charge is 0.493 e. The summed E-state index contributed by atoms with van der Waals surface area (Å²) in [5, 5.41) is 8.83. The summed E-state index contributed by atoms with van der Waals surface area (Å²) in [4.78, 5) is 0. The van der Waals surface area contributed by atoms with Gasteiger partial charge in [0.05, 0.1) is 6.61 Å². The number of aryl methyl sites for hydroxylation is 3. The fraction of sp³-hybridized carbons (Fsp3) is 0.429. The molecule has 0 amide bonds. The first kappa shape index (κ1) is 13.9. The van der Waals surface area contributed by atoms with Crippen molar-refractivity contribution in [2.75, 3.05) is 12.4 Å². The number of aromatic nitrogens is 3. The first-order valence-corrected chi connectivity index (χ1v) is 7.32. The van der Waals surface area contributed by atoms with Crippen LogP contribution in [0.1, 0.15) is 17.5 Å². The van der Waals surface area contributed by atoms with Gasteiger partial charge in [-0.3, -0.25) is 0 Å². The van der Waals surface area contributed by atoms with Crippen molar-refractivity contribution in [1.82, 2.24) is 14.8 Å². The van der Waals surface area contributed by atoms with E-state index in [-0.39, 0.29) is 0 Å². The molecule has 0 saturated carbocycles. The van der Waals surface area contributed by atoms with Crippen molar-refractivity contribution in [1.29, 1.82) is 0 Å². The summed E-state index contributed by atoms with van der Waals surface area (Å²) in [5.41, 5.74) is 2.42. The molecule has 0 N–H and O–H groups in total. The fourth-order valence-electron chi connectivity index (χ4n) is 1.67. The van der Waals surface area contributed by atoms with Crippen LogP contribution in [0.3, 0.4) is 0 Å². The highest BCUT2D eigenvalue weighted by molar-refractivity contribution is 7.99. The highest BCUT2D eigenvalue weighted by Crippen LogP contribution is 2.20. The number of thioether (sulfide) groups is 1. The molecule has 0 aliphatic carbocycles. The normalized spacial score (nSPS) is 10.7. The van der Waals surface area contributed by atoms with Gasteiger partial charge in [-0.25, -0.2) is 0 Å². The maximum absolute atomic E-state index is 5.81. The maximum Gasteiger partial charge on any atom is 0.190 e. The van der Waals surface area contributed by atoms with Crippen LogP contribution < -0.4 is 4.74 Å². The van der Waals surface area contributed by atoms with E-state index in [1.807, 2.05) is 11.6 Å². The molecule has 0 radical (unpaired) electrons. The molecule has 4 nitrogen and oxygen atoms in total. The molecule has 5 heteroatoms. The average Bonchev–Trinajstić information content (AvgIpc) is 2.79. The maximum atomic E-state index is 5.81. The van der Waals surface area contributed by atoms with Crippen molar-refractivity contribution in [3.63, 3.8) is 0 Å². The second-order valence-electron chi connectivity index (χ2n) is 4.54. The predicted molar refractivity (Wildman–Crippen MR) is 77.8 cm³/mol. The van der Waals surface area contributed by atoms with E-state index in [9.17, 15) is 0 Å². The van der Waals surface area contributed by atoms with E-state index in [2.05, 4.69) is 42.2 Å². The Morgan fingerprint density at radius 1 is 1.32 bits per heavy atom. The molecule has 0 aliphatic heterocycles. The Balaban J connectivity index is 1.72. The molecule has 0 atom stereocenters. The molecule has 1 aromatic heterocycles. The van der Waals surface area contributed by atoms with Crippen LogP contribution >= 0.6 is 11.8 Å². The lowest BCUT2D eigenvalue weighted by atomic mass is 10.1. The van der Waals surface area contributed by atoms with Crippen molar-refractivity contribution < 1.29 is 4.74 Å². The van der Waals surface area contributed by atoms with Gasteiger partial charge in [-0.05, 0) is 37.5 Å². The summed E-state index contributed by atoms with van der Waals surface area (Å²) in [5.74, 6) is 1.97. The molecule has 19 heavy (non-hydrogen) atoms. The van der Waals surface area contributed by atoms with E-state index in [4.69, 9.17) is 4.74 Å². The molecule has 0 spiro atoms. The molecule has 2 aromatic rings. The number of ether oxygens (including phenoxy) is 1. The van der Waals surface area contributed by atoms with Crippen LogP contribution in [-0.2, 0) is 7.05 Å². The van der Waals surface area contributed by atoms with Crippen LogP contribution in [0.5, 0.6) is 5.75 Å². The quantitative estimate of drug-likeness (QED) is 0.601. The lowest BCUT2D eigenvalue weighted by Crippen LogP contribution is -2.01. The third kappa shape index (κ3) is 3.99. The standard InChI is InChI=1S/C14H19N3OS/c1-11-5-6-12(2)13(9-11)18-7-4-8-19-14-16-15-10-17(14)3/h5-6,9-10H,4,7-8H2,1-3H3. The Labute approximate surface area is 118 Å². The molecule has 0 unspecified atom stereocenters. The molecule has 2 rings (SSSR count). The molecular formula is C14H19N3OS. The van der Waals surface area contributed by atoms with Crippen molar-refractivity contribution in [2.24, 2.45) is 7.05 Å². The van der Waals surface area contributed by atoms with Gasteiger partial charge in [-0.15, -0.1) is 10.2 Å². The highest BCUT2D eigenvalue weighted by Gasteiger charge is 2.02. The number of nitrogens with zero attached hydrogens (tertiary/aromatic N) is 3. The minimum absolute atomic E-state index is 0.731. The van der Waals surface area contributed by atoms with Crippen LogP contribution in [0.2, 0.25) is 0 Å². The Bertz CT molecular complexity index is 539. The van der Waals surface area contributed by atoms with E-state index in [0.717, 1.165) is 29.7 Å². The van der Waals surface area contributed by atoms with Gasteiger partial charge in [0, 0.05) is 12.8 Å². The first-order chi connectivity index (χ1) is 9.16. The molecule has 0 fully saturated rings. The number of hydrogen-bond acceptors (Lipinski definition) is 4. The van der Waals surface area contributed by atoms with Crippen LogP contribution in [0.4, 0.5) is 0 Å². The lowest BCUT2D eigenvalue weighted by molar-refractivity contribution is 0.316. The molecular weight excluding hydrogens is 258 g/mol. The minimum atomic E-state index is 0.731. The van der Waals surface area contributed by atoms with Gasteiger partial charge in [-0.1, -0.05) is 23.9 Å². The van der Waals surface area contributed by atoms with Crippen molar-refractivity contribution in [2.45, 2.75) is 25.4 Å². The molecule has 102 valence electrons. The summed E-state index contributed by atoms with van der Waals surface area (Å²) < 4.78 is 7.74. The molecule has 1 heterocycles. The first-order valence-electron chi connectivity index (χ1n) is 6.33. The topological polar surface area (TPSA) is 39.9 Å². The summed E-state index contributed by atoms with van der Waals surface area (Å²) >= 11 is 1.71. The monoisotopic (exact) mass is 277 g/mol. The van der Waals surface area contributed by atoms with Gasteiger partial charge in [0.2, 0.25) is 0 Å². The van der Waals surface area contributed by atoms with Gasteiger partial charge in [0.1, 0.15) is 12.1 Å². The highest BCUT2D eigenvalue weighted by atomic mass is 32.2. The average molecular weight is 277 g/mol. The summed E-state index contributed by atoms with van der Waals surface area (Å²) in [6, 6.07) is 6.29. The Morgan fingerprint density at radius 3 is 2.89 bits per heavy atom. The summed E-state index contributed by atoms with van der Waals surface area (Å²) in [6.45, 7) is 4.88. The molecule has 0 saturated heterocycles. The van der Waals surface area contributed by atoms with Gasteiger partial charge >= 0.3 is 0 Å². The Morgan fingerprint density at radius 2 is 2.16 bits per heavy atom. The van der Waals surface area contributed by atoms with Crippen LogP contribution in [0.25, 0.3) is 0 Å². The molecule has 0 aliphatic rings. The Kier molecular flexibility index (Phi) is 4.85. The van der Waals surface area contributed by atoms with E-state index in [1.54, 1.807) is 18.1 Å². The zero-order valence-electron chi connectivity index (χ0n) is 11.6.